The maximum atomic E-state index is 13.0. The molecular weight excluding hydrogens is 372 g/mol. The highest BCUT2D eigenvalue weighted by Gasteiger charge is 2.43. The zero-order chi connectivity index (χ0) is 20.8. The van der Waals surface area contributed by atoms with E-state index in [4.69, 9.17) is 14.2 Å². The van der Waals surface area contributed by atoms with Gasteiger partial charge in [-0.3, -0.25) is 9.59 Å². The van der Waals surface area contributed by atoms with E-state index >= 15 is 0 Å². The molecule has 0 spiro atoms. The van der Waals surface area contributed by atoms with Crippen LogP contribution in [-0.4, -0.2) is 64.3 Å². The van der Waals surface area contributed by atoms with Crippen molar-refractivity contribution < 1.29 is 23.8 Å². The van der Waals surface area contributed by atoms with Gasteiger partial charge in [-0.1, -0.05) is 12.8 Å². The largest absolute Gasteiger partial charge is 0.497 e. The minimum Gasteiger partial charge on any atom is -0.497 e. The fourth-order valence-corrected chi connectivity index (χ4v) is 4.53. The van der Waals surface area contributed by atoms with Crippen molar-refractivity contribution in [2.24, 2.45) is 11.8 Å². The van der Waals surface area contributed by atoms with Gasteiger partial charge in [0.05, 0.1) is 26.7 Å². The van der Waals surface area contributed by atoms with Gasteiger partial charge in [0.2, 0.25) is 11.8 Å². The summed E-state index contributed by atoms with van der Waals surface area (Å²) in [5.74, 6) is 1.16. The Balaban J connectivity index is 1.86. The molecule has 1 aliphatic carbocycles. The summed E-state index contributed by atoms with van der Waals surface area (Å²) in [5.41, 5.74) is 0.903. The van der Waals surface area contributed by atoms with Crippen LogP contribution in [0.3, 0.4) is 0 Å². The maximum Gasteiger partial charge on any atom is 0.225 e. The maximum absolute atomic E-state index is 13.0. The molecule has 1 saturated heterocycles. The van der Waals surface area contributed by atoms with Gasteiger partial charge >= 0.3 is 0 Å². The summed E-state index contributed by atoms with van der Waals surface area (Å²) in [6, 6.07) is 5.62. The average Bonchev–Trinajstić information content (AvgIpc) is 3.43. The van der Waals surface area contributed by atoms with Crippen molar-refractivity contribution in [1.29, 1.82) is 0 Å². The monoisotopic (exact) mass is 404 g/mol. The second kappa shape index (κ2) is 9.96. The Hall–Kier alpha value is -2.28. The third-order valence-electron chi connectivity index (χ3n) is 6.11. The van der Waals surface area contributed by atoms with Gasteiger partial charge in [0.1, 0.15) is 11.5 Å². The molecular formula is C22H32N2O5. The first kappa shape index (κ1) is 21.4. The molecule has 29 heavy (non-hydrogen) atoms. The molecule has 7 heteroatoms. The van der Waals surface area contributed by atoms with Gasteiger partial charge in [0.15, 0.2) is 0 Å². The molecule has 2 aliphatic rings. The first-order valence-corrected chi connectivity index (χ1v) is 10.4. The van der Waals surface area contributed by atoms with E-state index in [0.717, 1.165) is 31.2 Å². The average molecular weight is 405 g/mol. The molecule has 2 atom stereocenters. The van der Waals surface area contributed by atoms with Gasteiger partial charge in [0.25, 0.3) is 0 Å². The van der Waals surface area contributed by atoms with E-state index < -0.39 is 0 Å². The predicted octanol–water partition coefficient (Wildman–Crippen LogP) is 2.20. The van der Waals surface area contributed by atoms with E-state index in [9.17, 15) is 9.59 Å². The van der Waals surface area contributed by atoms with Crippen molar-refractivity contribution in [2.75, 3.05) is 47.6 Å². The molecule has 1 heterocycles. The van der Waals surface area contributed by atoms with Crippen LogP contribution in [0.25, 0.3) is 0 Å². The zero-order valence-corrected chi connectivity index (χ0v) is 17.6. The second-order valence-electron chi connectivity index (χ2n) is 7.83. The Bertz CT molecular complexity index is 717. The van der Waals surface area contributed by atoms with Crippen LogP contribution in [0.1, 0.15) is 37.2 Å². The van der Waals surface area contributed by atoms with Crippen LogP contribution in [0.4, 0.5) is 0 Å². The molecule has 3 rings (SSSR count). The number of carbonyl (C=O) groups is 2. The Morgan fingerprint density at radius 2 is 1.86 bits per heavy atom. The van der Waals surface area contributed by atoms with Crippen molar-refractivity contribution >= 4 is 11.8 Å². The SMILES string of the molecule is COCCNC(=O)C1CN(C(=O)C2CCCC2)CC1c1cc(OC)ccc1OC. The molecule has 1 N–H and O–H groups in total. The Kier molecular flexibility index (Phi) is 7.36. The highest BCUT2D eigenvalue weighted by molar-refractivity contribution is 5.84. The lowest BCUT2D eigenvalue weighted by Crippen LogP contribution is -2.38. The molecule has 2 amide bonds. The van der Waals surface area contributed by atoms with Crippen LogP contribution in [0, 0.1) is 11.8 Å². The van der Waals surface area contributed by atoms with Crippen molar-refractivity contribution in [3.63, 3.8) is 0 Å². The number of methoxy groups -OCH3 is 3. The summed E-state index contributed by atoms with van der Waals surface area (Å²) in [6.45, 7) is 1.85. The molecule has 1 aromatic rings. The van der Waals surface area contributed by atoms with Gasteiger partial charge in [-0.15, -0.1) is 0 Å². The van der Waals surface area contributed by atoms with Crippen LogP contribution >= 0.6 is 0 Å². The number of carbonyl (C=O) groups excluding carboxylic acids is 2. The molecule has 0 radical (unpaired) electrons. The summed E-state index contributed by atoms with van der Waals surface area (Å²) in [4.78, 5) is 27.9. The fourth-order valence-electron chi connectivity index (χ4n) is 4.53. The minimum atomic E-state index is -0.335. The van der Waals surface area contributed by atoms with Crippen LogP contribution in [0.15, 0.2) is 18.2 Å². The van der Waals surface area contributed by atoms with Crippen LogP contribution in [-0.2, 0) is 14.3 Å². The lowest BCUT2D eigenvalue weighted by Gasteiger charge is -2.21. The Labute approximate surface area is 172 Å². The number of nitrogens with one attached hydrogen (secondary N) is 1. The molecule has 2 fully saturated rings. The highest BCUT2D eigenvalue weighted by atomic mass is 16.5. The van der Waals surface area contributed by atoms with Gasteiger partial charge in [-0.05, 0) is 31.0 Å². The van der Waals surface area contributed by atoms with E-state index in [0.29, 0.717) is 37.7 Å². The number of nitrogens with zero attached hydrogens (tertiary/aromatic N) is 1. The van der Waals surface area contributed by atoms with E-state index in [1.165, 1.54) is 0 Å². The first-order valence-electron chi connectivity index (χ1n) is 10.4. The van der Waals surface area contributed by atoms with Crippen LogP contribution in [0.5, 0.6) is 11.5 Å². The lowest BCUT2D eigenvalue weighted by molar-refractivity contribution is -0.134. The topological polar surface area (TPSA) is 77.1 Å². The molecule has 2 unspecified atom stereocenters. The van der Waals surface area contributed by atoms with E-state index in [1.807, 2.05) is 23.1 Å². The second-order valence-corrected chi connectivity index (χ2v) is 7.83. The van der Waals surface area contributed by atoms with Gasteiger partial charge in [-0.2, -0.15) is 0 Å². The molecule has 160 valence electrons. The Morgan fingerprint density at radius 3 is 2.52 bits per heavy atom. The van der Waals surface area contributed by atoms with Gasteiger partial charge < -0.3 is 24.4 Å². The molecule has 1 aliphatic heterocycles. The summed E-state index contributed by atoms with van der Waals surface area (Å²) >= 11 is 0. The third-order valence-corrected chi connectivity index (χ3v) is 6.11. The van der Waals surface area contributed by atoms with Crippen molar-refractivity contribution in [2.45, 2.75) is 31.6 Å². The number of hydrogen-bond donors (Lipinski definition) is 1. The van der Waals surface area contributed by atoms with Gasteiger partial charge in [0, 0.05) is 44.1 Å². The summed E-state index contributed by atoms with van der Waals surface area (Å²) in [7, 11) is 4.84. The summed E-state index contributed by atoms with van der Waals surface area (Å²) < 4.78 is 16.0. The highest BCUT2D eigenvalue weighted by Crippen LogP contribution is 2.40. The number of hydrogen-bond acceptors (Lipinski definition) is 5. The molecule has 1 aromatic carbocycles. The zero-order valence-electron chi connectivity index (χ0n) is 17.6. The molecule has 0 aromatic heterocycles. The van der Waals surface area contributed by atoms with Gasteiger partial charge in [-0.25, -0.2) is 0 Å². The van der Waals surface area contributed by atoms with Crippen LogP contribution in [0.2, 0.25) is 0 Å². The van der Waals surface area contributed by atoms with E-state index in [1.54, 1.807) is 21.3 Å². The smallest absolute Gasteiger partial charge is 0.225 e. The fraction of sp³-hybridized carbons (Fsp3) is 0.636. The predicted molar refractivity (Wildman–Crippen MR) is 109 cm³/mol. The number of benzene rings is 1. The minimum absolute atomic E-state index is 0.0568. The Morgan fingerprint density at radius 1 is 1.10 bits per heavy atom. The van der Waals surface area contributed by atoms with Crippen molar-refractivity contribution in [3.8, 4) is 11.5 Å². The van der Waals surface area contributed by atoms with E-state index in [-0.39, 0.29) is 29.6 Å². The third kappa shape index (κ3) is 4.83. The lowest BCUT2D eigenvalue weighted by atomic mass is 9.87. The summed E-state index contributed by atoms with van der Waals surface area (Å²) in [5, 5.41) is 2.95. The number of amides is 2. The molecule has 1 saturated carbocycles. The molecule has 0 bridgehead atoms. The van der Waals surface area contributed by atoms with Crippen LogP contribution < -0.4 is 14.8 Å². The standard InChI is InChI=1S/C22H32N2O5/c1-27-11-10-23-21(25)19-14-24(22(26)15-6-4-5-7-15)13-18(19)17-12-16(28-2)8-9-20(17)29-3/h8-9,12,15,18-19H,4-7,10-11,13-14H2,1-3H3,(H,23,25). The number of ether oxygens (including phenoxy) is 3. The van der Waals surface area contributed by atoms with Crippen molar-refractivity contribution in [3.05, 3.63) is 23.8 Å². The number of likely N-dealkylation sites (tertiary alicyclic amines) is 1. The normalized spacial score (nSPS) is 22.0. The first-order chi connectivity index (χ1) is 14.1. The summed E-state index contributed by atoms with van der Waals surface area (Å²) in [6.07, 6.45) is 4.12. The van der Waals surface area contributed by atoms with E-state index in [2.05, 4.69) is 5.32 Å². The number of rotatable bonds is 8. The molecule has 7 nitrogen and oxygen atoms in total. The quantitative estimate of drug-likeness (QED) is 0.672. The van der Waals surface area contributed by atoms with Crippen molar-refractivity contribution in [1.82, 2.24) is 10.2 Å².